The molecule has 0 amide bonds. The van der Waals surface area contributed by atoms with Crippen molar-refractivity contribution in [3.8, 4) is 0 Å². The maximum atomic E-state index is 5.86. The van der Waals surface area contributed by atoms with E-state index in [1.807, 2.05) is 0 Å². The first-order chi connectivity index (χ1) is 6.93. The van der Waals surface area contributed by atoms with E-state index in [1.54, 1.807) is 0 Å². The van der Waals surface area contributed by atoms with E-state index in [-0.39, 0.29) is 0 Å². The molecule has 0 bridgehead atoms. The summed E-state index contributed by atoms with van der Waals surface area (Å²) in [5.74, 6) is 1.27. The smallest absolute Gasteiger partial charge is 0.0689 e. The molecule has 0 saturated heterocycles. The van der Waals surface area contributed by atoms with Gasteiger partial charge in [0.2, 0.25) is 0 Å². The molecule has 2 atom stereocenters. The summed E-state index contributed by atoms with van der Waals surface area (Å²) in [5.41, 5.74) is 1.40. The van der Waals surface area contributed by atoms with E-state index in [2.05, 4.69) is 27.4 Å². The zero-order chi connectivity index (χ0) is 11.5. The highest BCUT2D eigenvalue weighted by Gasteiger charge is 2.32. The number of halogens is 1. The molecule has 1 rings (SSSR count). The van der Waals surface area contributed by atoms with Gasteiger partial charge in [-0.05, 0) is 36.2 Å². The lowest BCUT2D eigenvalue weighted by Gasteiger charge is -2.38. The number of hydrogen-bond donors (Lipinski definition) is 0. The Labute approximate surface area is 98.8 Å². The first-order valence-corrected chi connectivity index (χ1v) is 6.30. The lowest BCUT2D eigenvalue weighted by Crippen LogP contribution is -2.33. The summed E-state index contributed by atoms with van der Waals surface area (Å²) in [6, 6.07) is 0. The maximum Gasteiger partial charge on any atom is 0.0689 e. The molecule has 0 spiro atoms. The molecule has 88 valence electrons. The summed E-state index contributed by atoms with van der Waals surface area (Å²) in [4.78, 5) is 0. The van der Waals surface area contributed by atoms with Crippen LogP contribution in [0.15, 0.2) is 12.2 Å². The van der Waals surface area contributed by atoms with Gasteiger partial charge >= 0.3 is 0 Å². The van der Waals surface area contributed by atoms with E-state index in [9.17, 15) is 0 Å². The molecule has 0 aliphatic heterocycles. The molecule has 0 heterocycles. The van der Waals surface area contributed by atoms with Gasteiger partial charge in [0, 0.05) is 5.88 Å². The van der Waals surface area contributed by atoms with Gasteiger partial charge in [-0.15, -0.1) is 11.6 Å². The summed E-state index contributed by atoms with van der Waals surface area (Å²) in [6.45, 7) is 11.4. The average molecular weight is 231 g/mol. The molecule has 1 saturated carbocycles. The molecule has 1 nitrogen and oxygen atoms in total. The van der Waals surface area contributed by atoms with Crippen LogP contribution in [-0.2, 0) is 4.74 Å². The van der Waals surface area contributed by atoms with Gasteiger partial charge in [0.25, 0.3) is 0 Å². The Morgan fingerprint density at radius 3 is 2.67 bits per heavy atom. The zero-order valence-corrected chi connectivity index (χ0v) is 10.9. The summed E-state index contributed by atoms with van der Waals surface area (Å²) in [6.07, 6.45) is 4.04. The molecule has 0 radical (unpaired) electrons. The van der Waals surface area contributed by atoms with Crippen LogP contribution in [0.2, 0.25) is 0 Å². The standard InChI is InChI=1S/C13H23ClO/c1-10-5-12(7-13(3,4)6-10)15-9-11(2)8-14/h10,12H,2,5-9H2,1,3-4H3. The Kier molecular flexibility index (Phi) is 4.66. The summed E-state index contributed by atoms with van der Waals surface area (Å²) in [7, 11) is 0. The van der Waals surface area contributed by atoms with Crippen LogP contribution in [0.5, 0.6) is 0 Å². The monoisotopic (exact) mass is 230 g/mol. The minimum atomic E-state index is 0.392. The highest BCUT2D eigenvalue weighted by atomic mass is 35.5. The molecule has 1 aliphatic rings. The van der Waals surface area contributed by atoms with Crippen LogP contribution in [-0.4, -0.2) is 18.6 Å². The summed E-state index contributed by atoms with van der Waals surface area (Å²) >= 11 is 5.67. The first kappa shape index (κ1) is 13.1. The van der Waals surface area contributed by atoms with Crippen LogP contribution in [0.25, 0.3) is 0 Å². The van der Waals surface area contributed by atoms with Crippen molar-refractivity contribution in [1.29, 1.82) is 0 Å². The lowest BCUT2D eigenvalue weighted by molar-refractivity contribution is -0.0131. The van der Waals surface area contributed by atoms with Gasteiger partial charge < -0.3 is 4.74 Å². The van der Waals surface area contributed by atoms with Crippen LogP contribution in [0.4, 0.5) is 0 Å². The Balaban J connectivity index is 2.38. The largest absolute Gasteiger partial charge is 0.374 e. The van der Waals surface area contributed by atoms with Crippen molar-refractivity contribution in [1.82, 2.24) is 0 Å². The van der Waals surface area contributed by atoms with Gasteiger partial charge in [0.05, 0.1) is 12.7 Å². The van der Waals surface area contributed by atoms with E-state index in [0.717, 1.165) is 17.9 Å². The third kappa shape index (κ3) is 4.56. The lowest BCUT2D eigenvalue weighted by atomic mass is 9.71. The van der Waals surface area contributed by atoms with Crippen molar-refractivity contribution >= 4 is 11.6 Å². The quantitative estimate of drug-likeness (QED) is 0.524. The fraction of sp³-hybridized carbons (Fsp3) is 0.846. The van der Waals surface area contributed by atoms with Gasteiger partial charge in [-0.2, -0.15) is 0 Å². The fourth-order valence-electron chi connectivity index (χ4n) is 2.66. The summed E-state index contributed by atoms with van der Waals surface area (Å²) in [5, 5.41) is 0. The second-order valence-electron chi connectivity index (χ2n) is 5.73. The number of rotatable bonds is 4. The predicted octanol–water partition coefficient (Wildman–Crippen LogP) is 4.01. The van der Waals surface area contributed by atoms with E-state index in [4.69, 9.17) is 16.3 Å². The third-order valence-electron chi connectivity index (χ3n) is 3.06. The maximum absolute atomic E-state index is 5.86. The van der Waals surface area contributed by atoms with E-state index in [0.29, 0.717) is 24.0 Å². The number of hydrogen-bond acceptors (Lipinski definition) is 1. The van der Waals surface area contributed by atoms with E-state index >= 15 is 0 Å². The van der Waals surface area contributed by atoms with Crippen molar-refractivity contribution in [2.45, 2.75) is 46.1 Å². The highest BCUT2D eigenvalue weighted by Crippen LogP contribution is 2.39. The highest BCUT2D eigenvalue weighted by molar-refractivity contribution is 6.19. The van der Waals surface area contributed by atoms with Crippen molar-refractivity contribution in [3.05, 3.63) is 12.2 Å². The van der Waals surface area contributed by atoms with Gasteiger partial charge in [0.1, 0.15) is 0 Å². The van der Waals surface area contributed by atoms with E-state index < -0.39 is 0 Å². The average Bonchev–Trinajstić information content (AvgIpc) is 2.11. The van der Waals surface area contributed by atoms with Crippen molar-refractivity contribution in [2.75, 3.05) is 12.5 Å². The molecule has 0 aromatic rings. The molecule has 1 fully saturated rings. The van der Waals surface area contributed by atoms with Crippen LogP contribution < -0.4 is 0 Å². The Hall–Kier alpha value is -0.0100. The molecule has 15 heavy (non-hydrogen) atoms. The van der Waals surface area contributed by atoms with Crippen molar-refractivity contribution in [2.24, 2.45) is 11.3 Å². The van der Waals surface area contributed by atoms with Gasteiger partial charge in [-0.3, -0.25) is 0 Å². The molecule has 0 aromatic heterocycles. The normalized spacial score (nSPS) is 30.1. The fourth-order valence-corrected chi connectivity index (χ4v) is 2.74. The van der Waals surface area contributed by atoms with Crippen LogP contribution in [0, 0.1) is 11.3 Å². The predicted molar refractivity (Wildman–Crippen MR) is 66.4 cm³/mol. The molecule has 0 aromatic carbocycles. The molecular formula is C13H23ClO. The summed E-state index contributed by atoms with van der Waals surface area (Å²) < 4.78 is 5.86. The van der Waals surface area contributed by atoms with Gasteiger partial charge in [-0.1, -0.05) is 27.4 Å². The van der Waals surface area contributed by atoms with Gasteiger partial charge in [0.15, 0.2) is 0 Å². The van der Waals surface area contributed by atoms with E-state index in [1.165, 1.54) is 12.8 Å². The van der Waals surface area contributed by atoms with Crippen molar-refractivity contribution < 1.29 is 4.74 Å². The molecule has 2 heteroatoms. The topological polar surface area (TPSA) is 9.23 Å². The second kappa shape index (κ2) is 5.36. The molecule has 2 unspecified atom stereocenters. The molecular weight excluding hydrogens is 208 g/mol. The minimum absolute atomic E-state index is 0.392. The first-order valence-electron chi connectivity index (χ1n) is 5.77. The third-order valence-corrected chi connectivity index (χ3v) is 3.44. The Bertz CT molecular complexity index is 223. The van der Waals surface area contributed by atoms with Crippen LogP contribution >= 0.6 is 11.6 Å². The van der Waals surface area contributed by atoms with Crippen LogP contribution in [0.1, 0.15) is 40.0 Å². The molecule has 0 N–H and O–H groups in total. The number of ether oxygens (including phenoxy) is 1. The second-order valence-corrected chi connectivity index (χ2v) is 6.00. The SMILES string of the molecule is C=C(CCl)COC1CC(C)CC(C)(C)C1. The Morgan fingerprint density at radius 1 is 1.47 bits per heavy atom. The minimum Gasteiger partial charge on any atom is -0.374 e. The molecule has 1 aliphatic carbocycles. The van der Waals surface area contributed by atoms with Crippen LogP contribution in [0.3, 0.4) is 0 Å². The van der Waals surface area contributed by atoms with Crippen molar-refractivity contribution in [3.63, 3.8) is 0 Å². The van der Waals surface area contributed by atoms with Gasteiger partial charge in [-0.25, -0.2) is 0 Å². The zero-order valence-electron chi connectivity index (χ0n) is 10.2. The Morgan fingerprint density at radius 2 is 2.13 bits per heavy atom. The number of alkyl halides is 1.